The van der Waals surface area contributed by atoms with Crippen molar-refractivity contribution in [2.24, 2.45) is 0 Å². The lowest BCUT2D eigenvalue weighted by Gasteiger charge is -2.34. The number of hydrogen-bond acceptors (Lipinski definition) is 4. The van der Waals surface area contributed by atoms with Crippen molar-refractivity contribution in [2.75, 3.05) is 26.2 Å². The minimum absolute atomic E-state index is 0.0300. The number of hydrogen-bond donors (Lipinski definition) is 0. The number of rotatable bonds is 6. The van der Waals surface area contributed by atoms with Crippen LogP contribution < -0.4 is 0 Å². The molecule has 1 amide bonds. The van der Waals surface area contributed by atoms with Crippen LogP contribution in [0.5, 0.6) is 0 Å². The van der Waals surface area contributed by atoms with Crippen LogP contribution in [-0.2, 0) is 14.8 Å². The van der Waals surface area contributed by atoms with Gasteiger partial charge in [-0.1, -0.05) is 29.8 Å². The van der Waals surface area contributed by atoms with Crippen molar-refractivity contribution in [3.63, 3.8) is 0 Å². The van der Waals surface area contributed by atoms with E-state index in [2.05, 4.69) is 0 Å². The number of benzene rings is 2. The van der Waals surface area contributed by atoms with Crippen LogP contribution in [0, 0.1) is 12.7 Å². The molecule has 3 rings (SSSR count). The predicted molar refractivity (Wildman–Crippen MR) is 106 cm³/mol. The van der Waals surface area contributed by atoms with Crippen molar-refractivity contribution in [1.82, 2.24) is 9.21 Å². The molecule has 0 saturated carbocycles. The molecule has 1 aliphatic rings. The molecular weight excluding hydrogens is 395 g/mol. The number of piperazine rings is 1. The van der Waals surface area contributed by atoms with E-state index in [1.807, 2.05) is 19.1 Å². The first-order chi connectivity index (χ1) is 13.8. The fourth-order valence-corrected chi connectivity index (χ4v) is 4.62. The maximum absolute atomic E-state index is 13.0. The van der Waals surface area contributed by atoms with E-state index in [-0.39, 0.29) is 55.6 Å². The first kappa shape index (κ1) is 21.1. The minimum Gasteiger partial charge on any atom is -0.340 e. The molecule has 0 unspecified atom stereocenters. The fraction of sp³-hybridized carbons (Fsp3) is 0.333. The van der Waals surface area contributed by atoms with E-state index in [0.29, 0.717) is 5.56 Å². The Morgan fingerprint density at radius 3 is 2.07 bits per heavy atom. The summed E-state index contributed by atoms with van der Waals surface area (Å²) in [4.78, 5) is 26.3. The van der Waals surface area contributed by atoms with Crippen molar-refractivity contribution in [1.29, 1.82) is 0 Å². The van der Waals surface area contributed by atoms with Crippen LogP contribution >= 0.6 is 0 Å². The van der Waals surface area contributed by atoms with E-state index in [1.54, 1.807) is 17.0 Å². The maximum atomic E-state index is 13.0. The van der Waals surface area contributed by atoms with Crippen molar-refractivity contribution >= 4 is 21.7 Å². The Hall–Kier alpha value is -2.58. The highest BCUT2D eigenvalue weighted by molar-refractivity contribution is 7.89. The first-order valence-electron chi connectivity index (χ1n) is 9.41. The van der Waals surface area contributed by atoms with Gasteiger partial charge in [0.1, 0.15) is 5.82 Å². The van der Waals surface area contributed by atoms with Gasteiger partial charge < -0.3 is 4.90 Å². The lowest BCUT2D eigenvalue weighted by Crippen LogP contribution is -2.50. The van der Waals surface area contributed by atoms with E-state index in [1.165, 1.54) is 16.4 Å². The molecule has 2 aromatic carbocycles. The molecule has 154 valence electrons. The van der Waals surface area contributed by atoms with Crippen LogP contribution in [0.15, 0.2) is 53.4 Å². The second kappa shape index (κ2) is 8.84. The molecule has 29 heavy (non-hydrogen) atoms. The minimum atomic E-state index is -3.72. The largest absolute Gasteiger partial charge is 0.340 e. The molecule has 0 radical (unpaired) electrons. The molecular formula is C21H23FN2O4S. The van der Waals surface area contributed by atoms with Gasteiger partial charge in [0.25, 0.3) is 0 Å². The highest BCUT2D eigenvalue weighted by Crippen LogP contribution is 2.18. The van der Waals surface area contributed by atoms with Crippen LogP contribution in [-0.4, -0.2) is 55.5 Å². The Morgan fingerprint density at radius 2 is 1.48 bits per heavy atom. The quantitative estimate of drug-likeness (QED) is 0.676. The molecule has 0 N–H and O–H groups in total. The third-order valence-electron chi connectivity index (χ3n) is 4.98. The maximum Gasteiger partial charge on any atom is 0.243 e. The van der Waals surface area contributed by atoms with Gasteiger partial charge in [0.2, 0.25) is 15.9 Å². The van der Waals surface area contributed by atoms with Gasteiger partial charge in [-0.05, 0) is 31.2 Å². The molecule has 1 heterocycles. The molecule has 0 bridgehead atoms. The molecule has 1 fully saturated rings. The number of carbonyl (C=O) groups excluding carboxylic acids is 2. The van der Waals surface area contributed by atoms with Gasteiger partial charge in [-0.2, -0.15) is 4.31 Å². The van der Waals surface area contributed by atoms with Gasteiger partial charge in [-0.25, -0.2) is 12.8 Å². The fourth-order valence-electron chi connectivity index (χ4n) is 3.20. The Labute approximate surface area is 170 Å². The number of halogens is 1. The summed E-state index contributed by atoms with van der Waals surface area (Å²) in [5, 5.41) is 0. The van der Waals surface area contributed by atoms with Gasteiger partial charge in [0, 0.05) is 44.6 Å². The molecule has 2 aromatic rings. The average molecular weight is 418 g/mol. The Bertz CT molecular complexity index is 980. The van der Waals surface area contributed by atoms with E-state index in [9.17, 15) is 22.4 Å². The van der Waals surface area contributed by atoms with Gasteiger partial charge >= 0.3 is 0 Å². The monoisotopic (exact) mass is 418 g/mol. The van der Waals surface area contributed by atoms with Crippen LogP contribution in [0.1, 0.15) is 28.8 Å². The third kappa shape index (κ3) is 5.07. The topological polar surface area (TPSA) is 74.8 Å². The lowest BCUT2D eigenvalue weighted by atomic mass is 10.0. The van der Waals surface area contributed by atoms with Gasteiger partial charge in [-0.15, -0.1) is 0 Å². The standard InChI is InChI=1S/C21H23FN2O4S/c1-16-2-4-17(5-3-16)20(25)10-11-21(26)23-12-14-24(15-13-23)29(27,28)19-8-6-18(22)7-9-19/h2-9H,10-15H2,1H3. The van der Waals surface area contributed by atoms with Gasteiger partial charge in [0.05, 0.1) is 4.90 Å². The van der Waals surface area contributed by atoms with E-state index >= 15 is 0 Å². The summed E-state index contributed by atoms with van der Waals surface area (Å²) in [6.45, 7) is 2.79. The number of carbonyl (C=O) groups is 2. The summed E-state index contributed by atoms with van der Waals surface area (Å²) in [5.41, 5.74) is 1.64. The normalized spacial score (nSPS) is 15.3. The smallest absolute Gasteiger partial charge is 0.243 e. The lowest BCUT2D eigenvalue weighted by molar-refractivity contribution is -0.132. The second-order valence-corrected chi connectivity index (χ2v) is 8.97. The summed E-state index contributed by atoms with van der Waals surface area (Å²) in [6, 6.07) is 11.9. The summed E-state index contributed by atoms with van der Waals surface area (Å²) < 4.78 is 39.6. The molecule has 1 aliphatic heterocycles. The van der Waals surface area contributed by atoms with Crippen LogP contribution in [0.3, 0.4) is 0 Å². The van der Waals surface area contributed by atoms with E-state index in [0.717, 1.165) is 17.7 Å². The summed E-state index contributed by atoms with van der Waals surface area (Å²) in [7, 11) is -3.72. The molecule has 0 spiro atoms. The van der Waals surface area contributed by atoms with E-state index in [4.69, 9.17) is 0 Å². The average Bonchev–Trinajstić information content (AvgIpc) is 2.72. The number of sulfonamides is 1. The van der Waals surface area contributed by atoms with Crippen LogP contribution in [0.25, 0.3) is 0 Å². The third-order valence-corrected chi connectivity index (χ3v) is 6.90. The highest BCUT2D eigenvalue weighted by Gasteiger charge is 2.30. The summed E-state index contributed by atoms with van der Waals surface area (Å²) in [5.74, 6) is -0.750. The predicted octanol–water partition coefficient (Wildman–Crippen LogP) is 2.63. The number of aryl methyl sites for hydroxylation is 1. The number of nitrogens with zero attached hydrogens (tertiary/aromatic N) is 2. The zero-order valence-corrected chi connectivity index (χ0v) is 17.0. The van der Waals surface area contributed by atoms with E-state index < -0.39 is 15.8 Å². The Morgan fingerprint density at radius 1 is 0.897 bits per heavy atom. The molecule has 8 heteroatoms. The zero-order chi connectivity index (χ0) is 21.0. The second-order valence-electron chi connectivity index (χ2n) is 7.03. The number of ketones is 1. The Balaban J connectivity index is 1.52. The van der Waals surface area contributed by atoms with Crippen molar-refractivity contribution in [3.05, 3.63) is 65.5 Å². The Kier molecular flexibility index (Phi) is 6.44. The summed E-state index contributed by atoms with van der Waals surface area (Å²) >= 11 is 0. The highest BCUT2D eigenvalue weighted by atomic mass is 32.2. The SMILES string of the molecule is Cc1ccc(C(=O)CCC(=O)N2CCN(S(=O)(=O)c3ccc(F)cc3)CC2)cc1. The molecule has 6 nitrogen and oxygen atoms in total. The number of amides is 1. The van der Waals surface area contributed by atoms with Gasteiger partial charge in [0.15, 0.2) is 5.78 Å². The zero-order valence-electron chi connectivity index (χ0n) is 16.2. The van der Waals surface area contributed by atoms with Gasteiger partial charge in [-0.3, -0.25) is 9.59 Å². The first-order valence-corrected chi connectivity index (χ1v) is 10.8. The van der Waals surface area contributed by atoms with Crippen LogP contribution in [0.2, 0.25) is 0 Å². The molecule has 0 aliphatic carbocycles. The molecule has 0 atom stereocenters. The molecule has 1 saturated heterocycles. The number of Topliss-reactive ketones (excluding diaryl/α,β-unsaturated/α-hetero) is 1. The van der Waals surface area contributed by atoms with Crippen LogP contribution in [0.4, 0.5) is 4.39 Å². The molecule has 0 aromatic heterocycles. The van der Waals surface area contributed by atoms with Crippen molar-refractivity contribution in [3.8, 4) is 0 Å². The summed E-state index contributed by atoms with van der Waals surface area (Å²) in [6.07, 6.45) is 0.216. The van der Waals surface area contributed by atoms with Crippen molar-refractivity contribution < 1.29 is 22.4 Å². The van der Waals surface area contributed by atoms with Crippen molar-refractivity contribution in [2.45, 2.75) is 24.7 Å².